The van der Waals surface area contributed by atoms with Gasteiger partial charge in [0.25, 0.3) is 0 Å². The van der Waals surface area contributed by atoms with Crippen molar-refractivity contribution in [2.45, 2.75) is 90.1 Å². The van der Waals surface area contributed by atoms with Crippen LogP contribution in [0.5, 0.6) is 0 Å². The summed E-state index contributed by atoms with van der Waals surface area (Å²) < 4.78 is 12.1. The van der Waals surface area contributed by atoms with Gasteiger partial charge in [-0.1, -0.05) is 25.7 Å². The third kappa shape index (κ3) is 2.83. The number of Topliss-reactive ketones (excluding diaryl/α,β-unsaturated/α-hetero) is 2. The van der Waals surface area contributed by atoms with E-state index in [0.29, 0.717) is 36.0 Å². The Balaban J connectivity index is 1.54. The van der Waals surface area contributed by atoms with Crippen LogP contribution in [0, 0.1) is 34.0 Å². The minimum atomic E-state index is -1.20. The number of cyclic esters (lactones) is 1. The molecule has 38 heavy (non-hydrogen) atoms. The predicted octanol–water partition coefficient (Wildman–Crippen LogP) is 2.76. The van der Waals surface area contributed by atoms with E-state index in [1.807, 2.05) is 19.1 Å². The second-order valence-corrected chi connectivity index (χ2v) is 13.0. The van der Waals surface area contributed by atoms with Crippen LogP contribution in [0.2, 0.25) is 0 Å². The summed E-state index contributed by atoms with van der Waals surface area (Å²) in [6.45, 7) is 11.0. The van der Waals surface area contributed by atoms with Crippen LogP contribution in [-0.4, -0.2) is 57.6 Å². The number of aliphatic hydroxyl groups excluding tert-OH is 1. The molecule has 2 heterocycles. The van der Waals surface area contributed by atoms with Gasteiger partial charge in [0.05, 0.1) is 17.1 Å². The van der Waals surface area contributed by atoms with Crippen LogP contribution in [0.4, 0.5) is 0 Å². The molecule has 0 aromatic carbocycles. The number of ether oxygens (including phenoxy) is 2. The van der Waals surface area contributed by atoms with E-state index in [1.54, 1.807) is 13.8 Å². The number of esters is 2. The highest BCUT2D eigenvalue weighted by atomic mass is 16.6. The monoisotopic (exact) mass is 524 g/mol. The summed E-state index contributed by atoms with van der Waals surface area (Å²) in [6.07, 6.45) is 3.32. The lowest BCUT2D eigenvalue weighted by Crippen LogP contribution is -2.49. The zero-order chi connectivity index (χ0) is 27.6. The first kappa shape index (κ1) is 25.7. The Hall–Kier alpha value is -2.58. The Kier molecular flexibility index (Phi) is 5.24. The number of rotatable bonds is 4. The third-order valence-electron chi connectivity index (χ3n) is 11.4. The van der Waals surface area contributed by atoms with Crippen molar-refractivity contribution in [2.24, 2.45) is 34.0 Å². The number of hydrogen-bond acceptors (Lipinski definition) is 8. The van der Waals surface area contributed by atoms with Crippen LogP contribution in [0.25, 0.3) is 0 Å². The minimum Gasteiger partial charge on any atom is -0.458 e. The molecule has 8 heteroatoms. The van der Waals surface area contributed by atoms with Crippen LogP contribution in [0.3, 0.4) is 0 Å². The summed E-state index contributed by atoms with van der Waals surface area (Å²) in [5, 5.41) is 22.5. The van der Waals surface area contributed by atoms with Crippen molar-refractivity contribution in [1.82, 2.24) is 0 Å². The van der Waals surface area contributed by atoms with Crippen molar-refractivity contribution in [3.63, 3.8) is 0 Å². The number of carbonyl (C=O) groups is 4. The van der Waals surface area contributed by atoms with Gasteiger partial charge in [0.15, 0.2) is 5.78 Å². The van der Waals surface area contributed by atoms with E-state index in [4.69, 9.17) is 9.47 Å². The maximum atomic E-state index is 14.2. The fraction of sp³-hybridized carbons (Fsp3) is 0.667. The predicted molar refractivity (Wildman–Crippen MR) is 134 cm³/mol. The van der Waals surface area contributed by atoms with Gasteiger partial charge in [-0.3, -0.25) is 9.59 Å². The normalized spacial score (nSPS) is 49.0. The number of allylic oxidation sites excluding steroid dienone is 1. The van der Waals surface area contributed by atoms with Gasteiger partial charge < -0.3 is 24.5 Å². The lowest BCUT2D eigenvalue weighted by atomic mass is 9.55. The molecule has 4 aliphatic carbocycles. The van der Waals surface area contributed by atoms with Crippen molar-refractivity contribution in [3.05, 3.63) is 35.5 Å². The standard InChI is InChI=1S/C30H36O8/c1-14(31)6-7-18-23(21-16(3)19(32)12-20(21)33)38-26(35)30(18)13-29-11-10-27(30,4)24(29)22-17(8-9-28(29,5)36)15(2)25(34)37-22/h10-11,17-19,22-24,32,36H,2,6-9,12-13H2,1,3-5H3. The molecule has 10 unspecified atom stereocenters. The summed E-state index contributed by atoms with van der Waals surface area (Å²) in [5.74, 6) is -2.39. The minimum absolute atomic E-state index is 0.0361. The van der Waals surface area contributed by atoms with E-state index in [0.717, 1.165) is 0 Å². The molecule has 0 amide bonds. The molecular formula is C30H36O8. The smallest absolute Gasteiger partial charge is 0.334 e. The molecule has 6 rings (SSSR count). The summed E-state index contributed by atoms with van der Waals surface area (Å²) in [6, 6.07) is 0. The first-order chi connectivity index (χ1) is 17.7. The topological polar surface area (TPSA) is 127 Å². The van der Waals surface area contributed by atoms with Crippen LogP contribution < -0.4 is 0 Å². The molecule has 2 N–H and O–H groups in total. The molecule has 204 valence electrons. The Morgan fingerprint density at radius 2 is 1.89 bits per heavy atom. The average molecular weight is 525 g/mol. The van der Waals surface area contributed by atoms with E-state index < -0.39 is 63.9 Å². The largest absolute Gasteiger partial charge is 0.458 e. The Bertz CT molecular complexity index is 1260. The van der Waals surface area contributed by atoms with Crippen molar-refractivity contribution in [1.29, 1.82) is 0 Å². The number of carbonyl (C=O) groups excluding carboxylic acids is 4. The molecule has 0 radical (unpaired) electrons. The van der Waals surface area contributed by atoms with Gasteiger partial charge in [0.2, 0.25) is 0 Å². The molecule has 0 aromatic heterocycles. The molecule has 4 fully saturated rings. The molecule has 8 nitrogen and oxygen atoms in total. The molecule has 1 spiro atoms. The molecule has 0 aromatic rings. The van der Waals surface area contributed by atoms with Gasteiger partial charge in [-0.05, 0) is 52.0 Å². The molecule has 6 aliphatic rings. The van der Waals surface area contributed by atoms with E-state index in [9.17, 15) is 29.4 Å². The maximum Gasteiger partial charge on any atom is 0.334 e. The van der Waals surface area contributed by atoms with Crippen LogP contribution in [0.15, 0.2) is 35.5 Å². The van der Waals surface area contributed by atoms with Gasteiger partial charge >= 0.3 is 11.9 Å². The number of fused-ring (bicyclic) bond motifs is 2. The third-order valence-corrected chi connectivity index (χ3v) is 11.4. The second-order valence-electron chi connectivity index (χ2n) is 13.0. The molecule has 10 atom stereocenters. The van der Waals surface area contributed by atoms with E-state index in [2.05, 4.69) is 6.58 Å². The van der Waals surface area contributed by atoms with E-state index >= 15 is 0 Å². The highest BCUT2D eigenvalue weighted by Gasteiger charge is 2.83. The summed E-state index contributed by atoms with van der Waals surface area (Å²) in [4.78, 5) is 52.1. The van der Waals surface area contributed by atoms with Crippen molar-refractivity contribution in [2.75, 3.05) is 0 Å². The van der Waals surface area contributed by atoms with Crippen molar-refractivity contribution in [3.8, 4) is 0 Å². The van der Waals surface area contributed by atoms with Gasteiger partial charge in [0, 0.05) is 52.6 Å². The zero-order valence-corrected chi connectivity index (χ0v) is 22.4. The van der Waals surface area contributed by atoms with Crippen LogP contribution >= 0.6 is 0 Å². The summed E-state index contributed by atoms with van der Waals surface area (Å²) in [7, 11) is 0. The fourth-order valence-electron chi connectivity index (χ4n) is 9.36. The van der Waals surface area contributed by atoms with Crippen LogP contribution in [-0.2, 0) is 28.7 Å². The first-order valence-electron chi connectivity index (χ1n) is 13.7. The zero-order valence-electron chi connectivity index (χ0n) is 22.4. The number of hydrogen-bond donors (Lipinski definition) is 2. The van der Waals surface area contributed by atoms with Gasteiger partial charge in [0.1, 0.15) is 18.0 Å². The Morgan fingerprint density at radius 3 is 2.53 bits per heavy atom. The number of aliphatic hydroxyl groups is 2. The first-order valence-corrected chi connectivity index (χ1v) is 13.7. The Labute approximate surface area is 222 Å². The Morgan fingerprint density at radius 1 is 1.18 bits per heavy atom. The SMILES string of the molecule is C=C1C(=O)OC2C1CCC(C)(O)C13C=CC(C)(C21)C1(C3)C(=O)OC(C2=C(C)C(O)CC2=O)C1CCC(C)=O. The fourth-order valence-corrected chi connectivity index (χ4v) is 9.36. The lowest BCUT2D eigenvalue weighted by molar-refractivity contribution is -0.154. The molecule has 2 bridgehead atoms. The molecule has 2 saturated carbocycles. The number of ketones is 2. The summed E-state index contributed by atoms with van der Waals surface area (Å²) >= 11 is 0. The molecule has 2 saturated heterocycles. The highest BCUT2D eigenvalue weighted by Crippen LogP contribution is 2.79. The van der Waals surface area contributed by atoms with E-state index in [-0.39, 0.29) is 36.7 Å². The van der Waals surface area contributed by atoms with Crippen molar-refractivity contribution >= 4 is 23.5 Å². The highest BCUT2D eigenvalue weighted by molar-refractivity contribution is 6.01. The van der Waals surface area contributed by atoms with Gasteiger partial charge in [-0.2, -0.15) is 0 Å². The summed E-state index contributed by atoms with van der Waals surface area (Å²) in [5.41, 5.74) is -2.89. The second kappa shape index (κ2) is 7.75. The van der Waals surface area contributed by atoms with Crippen LogP contribution in [0.1, 0.15) is 66.2 Å². The molecular weight excluding hydrogens is 488 g/mol. The quantitative estimate of drug-likeness (QED) is 0.327. The van der Waals surface area contributed by atoms with Gasteiger partial charge in [-0.25, -0.2) is 4.79 Å². The van der Waals surface area contributed by atoms with Crippen molar-refractivity contribution < 1.29 is 38.9 Å². The molecule has 2 aliphatic heterocycles. The van der Waals surface area contributed by atoms with Gasteiger partial charge in [-0.15, -0.1) is 0 Å². The average Bonchev–Trinajstić information content (AvgIpc) is 3.51. The lowest BCUT2D eigenvalue weighted by Gasteiger charge is -2.44. The maximum absolute atomic E-state index is 14.2. The van der Waals surface area contributed by atoms with E-state index in [1.165, 1.54) is 6.92 Å².